The quantitative estimate of drug-likeness (QED) is 0.885. The maximum Gasteiger partial charge on any atom is 0.0684 e. The van der Waals surface area contributed by atoms with E-state index in [2.05, 4.69) is 75.8 Å². The number of hydrogen-bond donors (Lipinski definition) is 1. The normalized spacial score (nSPS) is 18.0. The van der Waals surface area contributed by atoms with Crippen LogP contribution in [0.3, 0.4) is 0 Å². The molecule has 0 saturated heterocycles. The summed E-state index contributed by atoms with van der Waals surface area (Å²) < 4.78 is 2.17. The summed E-state index contributed by atoms with van der Waals surface area (Å²) in [6.07, 6.45) is 0. The molecule has 0 radical (unpaired) electrons. The lowest BCUT2D eigenvalue weighted by atomic mass is 9.83. The maximum atomic E-state index is 4.89. The van der Waals surface area contributed by atoms with E-state index in [1.165, 1.54) is 22.5 Å². The smallest absolute Gasteiger partial charge is 0.0684 e. The van der Waals surface area contributed by atoms with Gasteiger partial charge in [-0.3, -0.25) is 0 Å². The van der Waals surface area contributed by atoms with E-state index in [9.17, 15) is 0 Å². The summed E-state index contributed by atoms with van der Waals surface area (Å²) in [7, 11) is 0. The summed E-state index contributed by atoms with van der Waals surface area (Å²) in [5, 5.41) is 8.57. The second-order valence-electron chi connectivity index (χ2n) is 7.75. The predicted octanol–water partition coefficient (Wildman–Crippen LogP) is 4.49. The highest BCUT2D eigenvalue weighted by Crippen LogP contribution is 2.41. The lowest BCUT2D eigenvalue weighted by molar-refractivity contribution is 0.286. The number of benzene rings is 1. The third-order valence-electron chi connectivity index (χ3n) is 4.62. The van der Waals surface area contributed by atoms with Crippen molar-refractivity contribution in [2.45, 2.75) is 60.0 Å². The fourth-order valence-corrected chi connectivity index (χ4v) is 3.54. The number of para-hydroxylation sites is 1. The average molecular weight is 297 g/mol. The van der Waals surface area contributed by atoms with E-state index in [4.69, 9.17) is 5.10 Å². The van der Waals surface area contributed by atoms with Crippen molar-refractivity contribution in [1.82, 2.24) is 15.1 Å². The fourth-order valence-electron chi connectivity index (χ4n) is 3.54. The van der Waals surface area contributed by atoms with Gasteiger partial charge in [-0.2, -0.15) is 5.10 Å². The molecular formula is C19H27N3. The zero-order valence-corrected chi connectivity index (χ0v) is 14.6. The van der Waals surface area contributed by atoms with Gasteiger partial charge in [0.2, 0.25) is 0 Å². The zero-order chi connectivity index (χ0) is 16.1. The van der Waals surface area contributed by atoms with E-state index in [0.29, 0.717) is 12.0 Å². The minimum Gasteiger partial charge on any atom is -0.304 e. The molecule has 0 aliphatic carbocycles. The first-order chi connectivity index (χ1) is 10.3. The van der Waals surface area contributed by atoms with Gasteiger partial charge in [-0.05, 0) is 29.9 Å². The lowest BCUT2D eigenvalue weighted by Crippen LogP contribution is -2.27. The molecule has 118 valence electrons. The first kappa shape index (κ1) is 15.3. The van der Waals surface area contributed by atoms with Crippen molar-refractivity contribution in [2.24, 2.45) is 5.41 Å². The van der Waals surface area contributed by atoms with E-state index in [0.717, 1.165) is 12.2 Å². The molecule has 3 heteroatoms. The van der Waals surface area contributed by atoms with Gasteiger partial charge >= 0.3 is 0 Å². The molecule has 1 aromatic heterocycles. The topological polar surface area (TPSA) is 29.9 Å². The monoisotopic (exact) mass is 297 g/mol. The third kappa shape index (κ3) is 2.38. The Bertz CT molecular complexity index is 689. The second kappa shape index (κ2) is 5.24. The van der Waals surface area contributed by atoms with Crippen LogP contribution in [0.2, 0.25) is 0 Å². The Labute approximate surface area is 133 Å². The maximum absolute atomic E-state index is 4.89. The van der Waals surface area contributed by atoms with Crippen LogP contribution >= 0.6 is 0 Å². The van der Waals surface area contributed by atoms with E-state index in [1.807, 2.05) is 0 Å². The molecule has 1 aliphatic heterocycles. The van der Waals surface area contributed by atoms with Crippen molar-refractivity contribution >= 4 is 0 Å². The molecule has 1 aliphatic rings. The molecule has 0 fully saturated rings. The minimum atomic E-state index is 0.196. The molecule has 22 heavy (non-hydrogen) atoms. The number of nitrogens with zero attached hydrogens (tertiary/aromatic N) is 2. The fraction of sp³-hybridized carbons (Fsp3) is 0.526. The highest BCUT2D eigenvalue weighted by molar-refractivity contribution is 5.47. The van der Waals surface area contributed by atoms with Gasteiger partial charge in [0.15, 0.2) is 0 Å². The van der Waals surface area contributed by atoms with Crippen LogP contribution in [0, 0.1) is 12.3 Å². The number of fused-ring (bicyclic) bond motifs is 1. The number of aromatic nitrogens is 2. The molecule has 0 bridgehead atoms. The number of nitrogens with one attached hydrogen (secondary N) is 1. The van der Waals surface area contributed by atoms with Crippen molar-refractivity contribution in [3.8, 4) is 5.69 Å². The van der Waals surface area contributed by atoms with Gasteiger partial charge in [0, 0.05) is 18.2 Å². The SMILES string of the molecule is Cc1nn(-c2ccccc2C(C)C)c2c1C(C(C)(C)C)NC2. The molecule has 3 rings (SSSR count). The van der Waals surface area contributed by atoms with E-state index in [-0.39, 0.29) is 5.41 Å². The Kier molecular flexibility index (Phi) is 3.64. The summed E-state index contributed by atoms with van der Waals surface area (Å²) in [4.78, 5) is 0. The summed E-state index contributed by atoms with van der Waals surface area (Å²) in [6.45, 7) is 14.4. The van der Waals surface area contributed by atoms with E-state index in [1.54, 1.807) is 0 Å². The van der Waals surface area contributed by atoms with Gasteiger partial charge in [0.25, 0.3) is 0 Å². The summed E-state index contributed by atoms with van der Waals surface area (Å²) in [6, 6.07) is 9.00. The Balaban J connectivity index is 2.15. The highest BCUT2D eigenvalue weighted by Gasteiger charge is 2.36. The van der Waals surface area contributed by atoms with E-state index >= 15 is 0 Å². The molecule has 3 nitrogen and oxygen atoms in total. The van der Waals surface area contributed by atoms with Crippen LogP contribution in [0.1, 0.15) is 69.1 Å². The predicted molar refractivity (Wildman–Crippen MR) is 91.4 cm³/mol. The lowest BCUT2D eigenvalue weighted by Gasteiger charge is -2.27. The molecule has 1 unspecified atom stereocenters. The van der Waals surface area contributed by atoms with Crippen LogP contribution in [-0.2, 0) is 6.54 Å². The largest absolute Gasteiger partial charge is 0.304 e. The Morgan fingerprint density at radius 2 is 1.91 bits per heavy atom. The first-order valence-electron chi connectivity index (χ1n) is 8.21. The van der Waals surface area contributed by atoms with Crippen molar-refractivity contribution < 1.29 is 0 Å². The molecule has 1 aromatic carbocycles. The molecule has 1 atom stereocenters. The van der Waals surface area contributed by atoms with Gasteiger partial charge < -0.3 is 5.32 Å². The van der Waals surface area contributed by atoms with Crippen LogP contribution < -0.4 is 5.32 Å². The Morgan fingerprint density at radius 3 is 2.55 bits per heavy atom. The zero-order valence-electron chi connectivity index (χ0n) is 14.6. The summed E-state index contributed by atoms with van der Waals surface area (Å²) >= 11 is 0. The van der Waals surface area contributed by atoms with Crippen molar-refractivity contribution in [2.75, 3.05) is 0 Å². The summed E-state index contributed by atoms with van der Waals surface area (Å²) in [5.41, 5.74) is 6.64. The van der Waals surface area contributed by atoms with Gasteiger partial charge in [-0.25, -0.2) is 4.68 Å². The standard InChI is InChI=1S/C19H27N3/c1-12(2)14-9-7-8-10-15(14)22-16-11-20-18(19(4,5)6)17(16)13(3)21-22/h7-10,12,18,20H,11H2,1-6H3. The van der Waals surface area contributed by atoms with Crippen LogP contribution in [0.4, 0.5) is 0 Å². The van der Waals surface area contributed by atoms with Crippen LogP contribution in [0.25, 0.3) is 5.69 Å². The number of rotatable bonds is 2. The molecule has 1 N–H and O–H groups in total. The molecule has 2 aromatic rings. The first-order valence-corrected chi connectivity index (χ1v) is 8.21. The minimum absolute atomic E-state index is 0.196. The van der Waals surface area contributed by atoms with Gasteiger partial charge in [-0.15, -0.1) is 0 Å². The van der Waals surface area contributed by atoms with Crippen molar-refractivity contribution in [1.29, 1.82) is 0 Å². The number of aryl methyl sites for hydroxylation is 1. The Morgan fingerprint density at radius 1 is 1.23 bits per heavy atom. The molecule has 0 spiro atoms. The van der Waals surface area contributed by atoms with Crippen LogP contribution in [-0.4, -0.2) is 9.78 Å². The van der Waals surface area contributed by atoms with Gasteiger partial charge in [0.05, 0.1) is 17.1 Å². The third-order valence-corrected chi connectivity index (χ3v) is 4.62. The van der Waals surface area contributed by atoms with E-state index < -0.39 is 0 Å². The van der Waals surface area contributed by atoms with Crippen molar-refractivity contribution in [3.63, 3.8) is 0 Å². The highest BCUT2D eigenvalue weighted by atomic mass is 15.3. The van der Waals surface area contributed by atoms with Gasteiger partial charge in [-0.1, -0.05) is 52.8 Å². The molecule has 0 amide bonds. The molecule has 2 heterocycles. The Hall–Kier alpha value is -1.61. The number of hydrogen-bond acceptors (Lipinski definition) is 2. The van der Waals surface area contributed by atoms with Gasteiger partial charge in [0.1, 0.15) is 0 Å². The molecular weight excluding hydrogens is 270 g/mol. The second-order valence-corrected chi connectivity index (χ2v) is 7.75. The molecule has 0 saturated carbocycles. The van der Waals surface area contributed by atoms with Crippen LogP contribution in [0.15, 0.2) is 24.3 Å². The van der Waals surface area contributed by atoms with Crippen LogP contribution in [0.5, 0.6) is 0 Å². The average Bonchev–Trinajstić information content (AvgIpc) is 3.00. The summed E-state index contributed by atoms with van der Waals surface area (Å²) in [5.74, 6) is 0.490. The van der Waals surface area contributed by atoms with Crippen molar-refractivity contribution in [3.05, 3.63) is 46.8 Å².